The molecule has 0 aliphatic rings. The van der Waals surface area contributed by atoms with Gasteiger partial charge in [-0.25, -0.2) is 0 Å². The molecule has 2 rings (SSSR count). The lowest BCUT2D eigenvalue weighted by molar-refractivity contribution is 0.102. The standard InChI is InChI=1S/C14H7Br2ClN2O/c15-10-3-9(4-11(16)5-10)14(20)19-12-2-1-8(7-18)13(17)6-12/h1-6H,(H,19,20). The Balaban J connectivity index is 2.23. The van der Waals surface area contributed by atoms with Gasteiger partial charge in [-0.1, -0.05) is 43.5 Å². The lowest BCUT2D eigenvalue weighted by atomic mass is 10.2. The molecule has 0 radical (unpaired) electrons. The normalized spacial score (nSPS) is 9.90. The molecular weight excluding hydrogens is 407 g/mol. The molecule has 0 aromatic heterocycles. The number of rotatable bonds is 2. The van der Waals surface area contributed by atoms with Gasteiger partial charge in [0.15, 0.2) is 0 Å². The maximum Gasteiger partial charge on any atom is 0.255 e. The zero-order valence-corrected chi connectivity index (χ0v) is 13.9. The van der Waals surface area contributed by atoms with E-state index in [2.05, 4.69) is 37.2 Å². The largest absolute Gasteiger partial charge is 0.322 e. The summed E-state index contributed by atoms with van der Waals surface area (Å²) in [5.41, 5.74) is 1.41. The van der Waals surface area contributed by atoms with Crippen LogP contribution in [0.1, 0.15) is 15.9 Å². The fourth-order valence-corrected chi connectivity index (χ4v) is 3.09. The van der Waals surface area contributed by atoms with E-state index in [0.717, 1.165) is 8.95 Å². The number of amides is 1. The van der Waals surface area contributed by atoms with Crippen LogP contribution in [0.15, 0.2) is 45.3 Å². The first-order valence-corrected chi connectivity index (χ1v) is 7.43. The summed E-state index contributed by atoms with van der Waals surface area (Å²) in [6, 6.07) is 12.0. The molecule has 1 amide bonds. The number of nitrogens with zero attached hydrogens (tertiary/aromatic N) is 1. The first-order valence-electron chi connectivity index (χ1n) is 5.46. The van der Waals surface area contributed by atoms with Gasteiger partial charge in [0.25, 0.3) is 5.91 Å². The van der Waals surface area contributed by atoms with Crippen molar-refractivity contribution in [2.75, 3.05) is 5.32 Å². The number of anilines is 1. The molecular formula is C14H7Br2ClN2O. The van der Waals surface area contributed by atoms with Crippen LogP contribution in [0.4, 0.5) is 5.69 Å². The van der Waals surface area contributed by atoms with Crippen LogP contribution < -0.4 is 5.32 Å². The van der Waals surface area contributed by atoms with Crippen LogP contribution in [0.3, 0.4) is 0 Å². The molecule has 0 aliphatic carbocycles. The fourth-order valence-electron chi connectivity index (χ4n) is 1.57. The summed E-state index contributed by atoms with van der Waals surface area (Å²) in [5.74, 6) is -0.257. The summed E-state index contributed by atoms with van der Waals surface area (Å²) in [6.07, 6.45) is 0. The molecule has 0 atom stereocenters. The van der Waals surface area contributed by atoms with E-state index in [0.29, 0.717) is 21.8 Å². The number of nitriles is 1. The zero-order chi connectivity index (χ0) is 14.7. The molecule has 0 bridgehead atoms. The second-order valence-electron chi connectivity index (χ2n) is 3.92. The van der Waals surface area contributed by atoms with Crippen LogP contribution in [0.25, 0.3) is 0 Å². The van der Waals surface area contributed by atoms with Crippen LogP contribution in [0.2, 0.25) is 5.02 Å². The lowest BCUT2D eigenvalue weighted by Crippen LogP contribution is -2.12. The highest BCUT2D eigenvalue weighted by molar-refractivity contribution is 9.11. The van der Waals surface area contributed by atoms with E-state index in [9.17, 15) is 4.79 Å². The second kappa shape index (κ2) is 6.40. The predicted molar refractivity (Wildman–Crippen MR) is 86.0 cm³/mol. The fraction of sp³-hybridized carbons (Fsp3) is 0. The second-order valence-corrected chi connectivity index (χ2v) is 6.16. The van der Waals surface area contributed by atoms with Crippen LogP contribution in [0, 0.1) is 11.3 Å². The first-order chi connectivity index (χ1) is 9.49. The molecule has 0 unspecified atom stereocenters. The lowest BCUT2D eigenvalue weighted by Gasteiger charge is -2.07. The molecule has 100 valence electrons. The molecule has 20 heavy (non-hydrogen) atoms. The highest BCUT2D eigenvalue weighted by Crippen LogP contribution is 2.23. The average molecular weight is 414 g/mol. The highest BCUT2D eigenvalue weighted by Gasteiger charge is 2.09. The van der Waals surface area contributed by atoms with E-state index in [1.165, 1.54) is 0 Å². The number of hydrogen-bond donors (Lipinski definition) is 1. The van der Waals surface area contributed by atoms with Crippen LogP contribution in [-0.4, -0.2) is 5.91 Å². The SMILES string of the molecule is N#Cc1ccc(NC(=O)c2cc(Br)cc(Br)c2)cc1Cl. The van der Waals surface area contributed by atoms with Crippen molar-refractivity contribution in [3.05, 3.63) is 61.5 Å². The average Bonchev–Trinajstić information content (AvgIpc) is 2.37. The van der Waals surface area contributed by atoms with E-state index in [-0.39, 0.29) is 5.91 Å². The molecule has 0 saturated heterocycles. The topological polar surface area (TPSA) is 52.9 Å². The summed E-state index contributed by atoms with van der Waals surface area (Å²) in [6.45, 7) is 0. The van der Waals surface area contributed by atoms with Gasteiger partial charge >= 0.3 is 0 Å². The maximum absolute atomic E-state index is 12.1. The highest BCUT2D eigenvalue weighted by atomic mass is 79.9. The molecule has 0 saturated carbocycles. The molecule has 6 heteroatoms. The van der Waals surface area contributed by atoms with Gasteiger partial charge in [0.2, 0.25) is 0 Å². The third-order valence-corrected chi connectivity index (χ3v) is 3.70. The van der Waals surface area contributed by atoms with Crippen molar-refractivity contribution in [2.24, 2.45) is 0 Å². The Bertz CT molecular complexity index is 705. The van der Waals surface area contributed by atoms with Crippen molar-refractivity contribution in [1.82, 2.24) is 0 Å². The minimum Gasteiger partial charge on any atom is -0.322 e. The quantitative estimate of drug-likeness (QED) is 0.753. The Labute approximate surface area is 137 Å². The Morgan fingerprint density at radius 2 is 1.80 bits per heavy atom. The van der Waals surface area contributed by atoms with E-state index >= 15 is 0 Å². The van der Waals surface area contributed by atoms with Gasteiger partial charge in [0, 0.05) is 20.2 Å². The van der Waals surface area contributed by atoms with Gasteiger partial charge in [0.1, 0.15) is 6.07 Å². The summed E-state index contributed by atoms with van der Waals surface area (Å²) < 4.78 is 1.60. The van der Waals surface area contributed by atoms with E-state index in [1.807, 2.05) is 12.1 Å². The Hall–Kier alpha value is -1.35. The summed E-state index contributed by atoms with van der Waals surface area (Å²) in [4.78, 5) is 12.1. The Morgan fingerprint density at radius 1 is 1.15 bits per heavy atom. The van der Waals surface area contributed by atoms with Crippen molar-refractivity contribution in [1.29, 1.82) is 5.26 Å². The van der Waals surface area contributed by atoms with Crippen LogP contribution in [-0.2, 0) is 0 Å². The molecule has 0 aliphatic heterocycles. The van der Waals surface area contributed by atoms with Gasteiger partial charge in [0.05, 0.1) is 10.6 Å². The van der Waals surface area contributed by atoms with Crippen molar-refractivity contribution >= 4 is 55.1 Å². The predicted octanol–water partition coefficient (Wildman–Crippen LogP) is 4.99. The van der Waals surface area contributed by atoms with Gasteiger partial charge in [-0.2, -0.15) is 5.26 Å². The van der Waals surface area contributed by atoms with E-state index in [1.54, 1.807) is 30.3 Å². The molecule has 0 fully saturated rings. The number of nitrogens with one attached hydrogen (secondary N) is 1. The molecule has 3 nitrogen and oxygen atoms in total. The molecule has 2 aromatic carbocycles. The number of carbonyl (C=O) groups excluding carboxylic acids is 1. The third-order valence-electron chi connectivity index (χ3n) is 2.47. The Morgan fingerprint density at radius 3 is 2.35 bits per heavy atom. The summed E-state index contributed by atoms with van der Waals surface area (Å²) in [5, 5.41) is 11.8. The Kier molecular flexibility index (Phi) is 4.81. The van der Waals surface area contributed by atoms with Crippen molar-refractivity contribution in [2.45, 2.75) is 0 Å². The number of carbonyl (C=O) groups is 1. The van der Waals surface area contributed by atoms with Gasteiger partial charge in [-0.15, -0.1) is 0 Å². The monoisotopic (exact) mass is 412 g/mol. The van der Waals surface area contributed by atoms with Gasteiger partial charge in [-0.3, -0.25) is 4.79 Å². The smallest absolute Gasteiger partial charge is 0.255 e. The minimum absolute atomic E-state index is 0.257. The number of benzene rings is 2. The van der Waals surface area contributed by atoms with Crippen LogP contribution >= 0.6 is 43.5 Å². The van der Waals surface area contributed by atoms with Crippen LogP contribution in [0.5, 0.6) is 0 Å². The van der Waals surface area contributed by atoms with E-state index in [4.69, 9.17) is 16.9 Å². The third kappa shape index (κ3) is 3.60. The van der Waals surface area contributed by atoms with Crippen molar-refractivity contribution in [3.63, 3.8) is 0 Å². The summed E-state index contributed by atoms with van der Waals surface area (Å²) in [7, 11) is 0. The first kappa shape index (κ1) is 15.0. The maximum atomic E-state index is 12.1. The molecule has 2 aromatic rings. The molecule has 0 heterocycles. The number of hydrogen-bond acceptors (Lipinski definition) is 2. The van der Waals surface area contributed by atoms with Crippen molar-refractivity contribution in [3.8, 4) is 6.07 Å². The zero-order valence-electron chi connectivity index (χ0n) is 9.95. The summed E-state index contributed by atoms with van der Waals surface area (Å²) >= 11 is 12.6. The van der Waals surface area contributed by atoms with Crippen molar-refractivity contribution < 1.29 is 4.79 Å². The van der Waals surface area contributed by atoms with E-state index < -0.39 is 0 Å². The molecule has 1 N–H and O–H groups in total. The minimum atomic E-state index is -0.257. The van der Waals surface area contributed by atoms with Gasteiger partial charge < -0.3 is 5.32 Å². The number of halogens is 3. The molecule has 0 spiro atoms. The van der Waals surface area contributed by atoms with Gasteiger partial charge in [-0.05, 0) is 36.4 Å².